The lowest BCUT2D eigenvalue weighted by Crippen LogP contribution is -2.14. The maximum absolute atomic E-state index is 12.2. The molecule has 0 bridgehead atoms. The van der Waals surface area contributed by atoms with Gasteiger partial charge in [-0.3, -0.25) is 4.79 Å². The van der Waals surface area contributed by atoms with Crippen molar-refractivity contribution in [2.45, 2.75) is 26.8 Å². The predicted molar refractivity (Wildman–Crippen MR) is 113 cm³/mol. The molecular weight excluding hydrogens is 384 g/mol. The Morgan fingerprint density at radius 1 is 1.10 bits per heavy atom. The van der Waals surface area contributed by atoms with Crippen LogP contribution < -0.4 is 5.32 Å². The Labute approximate surface area is 172 Å². The number of aromatic nitrogens is 5. The third kappa shape index (κ3) is 4.72. The third-order valence-corrected chi connectivity index (χ3v) is 5.29. The van der Waals surface area contributed by atoms with E-state index in [-0.39, 0.29) is 12.3 Å². The van der Waals surface area contributed by atoms with Crippen LogP contribution in [0.3, 0.4) is 0 Å². The topological polar surface area (TPSA) is 85.6 Å². The molecule has 7 nitrogen and oxygen atoms in total. The van der Waals surface area contributed by atoms with Crippen molar-refractivity contribution in [3.05, 3.63) is 75.7 Å². The number of anilines is 1. The second kappa shape index (κ2) is 8.32. The Hall–Kier alpha value is -3.39. The number of hydrogen-bond donors (Lipinski definition) is 1. The van der Waals surface area contributed by atoms with Crippen LogP contribution >= 0.6 is 11.3 Å². The molecule has 2 aromatic heterocycles. The summed E-state index contributed by atoms with van der Waals surface area (Å²) >= 11 is 1.45. The van der Waals surface area contributed by atoms with Crippen LogP contribution in [0.2, 0.25) is 0 Å². The monoisotopic (exact) mass is 404 g/mol. The summed E-state index contributed by atoms with van der Waals surface area (Å²) in [5.74, 6) is 0.506. The summed E-state index contributed by atoms with van der Waals surface area (Å²) in [5, 5.41) is 18.3. The number of aryl methyl sites for hydroxylation is 2. The summed E-state index contributed by atoms with van der Waals surface area (Å²) in [5.41, 5.74) is 4.81. The molecule has 0 fully saturated rings. The first-order valence-electron chi connectivity index (χ1n) is 9.20. The molecule has 0 unspecified atom stereocenters. The molecule has 0 spiro atoms. The maximum atomic E-state index is 12.2. The van der Waals surface area contributed by atoms with Crippen LogP contribution in [-0.4, -0.2) is 31.1 Å². The fraction of sp³-hybridized carbons (Fsp3) is 0.190. The van der Waals surface area contributed by atoms with Gasteiger partial charge in [0.1, 0.15) is 11.6 Å². The molecule has 2 aromatic carbocycles. The highest BCUT2D eigenvalue weighted by molar-refractivity contribution is 7.09. The fourth-order valence-corrected chi connectivity index (χ4v) is 3.65. The lowest BCUT2D eigenvalue weighted by Gasteiger charge is -2.04. The molecule has 0 aliphatic heterocycles. The number of nitrogens with zero attached hydrogens (tertiary/aromatic N) is 5. The van der Waals surface area contributed by atoms with E-state index in [9.17, 15) is 4.79 Å². The summed E-state index contributed by atoms with van der Waals surface area (Å²) < 4.78 is 0. The van der Waals surface area contributed by atoms with Gasteiger partial charge in [-0.25, -0.2) is 4.98 Å². The van der Waals surface area contributed by atoms with E-state index >= 15 is 0 Å². The zero-order valence-corrected chi connectivity index (χ0v) is 17.0. The highest BCUT2D eigenvalue weighted by Gasteiger charge is 2.12. The Morgan fingerprint density at radius 2 is 1.90 bits per heavy atom. The quantitative estimate of drug-likeness (QED) is 0.530. The van der Waals surface area contributed by atoms with Crippen LogP contribution in [0.15, 0.2) is 53.9 Å². The first-order chi connectivity index (χ1) is 14.1. The van der Waals surface area contributed by atoms with E-state index in [1.54, 1.807) is 0 Å². The van der Waals surface area contributed by atoms with Gasteiger partial charge in [0.2, 0.25) is 11.7 Å². The standard InChI is InChI=1S/C21H20N6OS/c1-14-7-9-16(10-8-14)22-19(28)11-20-23-17(13-29-20)12-27-25-21(24-26-27)18-6-4-3-5-15(18)2/h3-10,13H,11-12H2,1-2H3,(H,22,28). The van der Waals surface area contributed by atoms with Gasteiger partial charge in [-0.1, -0.05) is 42.0 Å². The van der Waals surface area contributed by atoms with Crippen LogP contribution in [0.25, 0.3) is 11.4 Å². The molecule has 4 aromatic rings. The van der Waals surface area contributed by atoms with Gasteiger partial charge in [0.25, 0.3) is 0 Å². The molecule has 8 heteroatoms. The predicted octanol–water partition coefficient (Wildman–Crippen LogP) is 3.64. The highest BCUT2D eigenvalue weighted by atomic mass is 32.1. The van der Waals surface area contributed by atoms with Crippen molar-refractivity contribution in [3.63, 3.8) is 0 Å². The van der Waals surface area contributed by atoms with E-state index in [1.165, 1.54) is 16.1 Å². The minimum atomic E-state index is -0.0875. The van der Waals surface area contributed by atoms with Crippen molar-refractivity contribution < 1.29 is 4.79 Å². The largest absolute Gasteiger partial charge is 0.326 e. The van der Waals surface area contributed by atoms with Crippen molar-refractivity contribution in [2.24, 2.45) is 0 Å². The number of amides is 1. The molecule has 0 saturated carbocycles. The minimum absolute atomic E-state index is 0.0875. The van der Waals surface area contributed by atoms with Gasteiger partial charge in [-0.05, 0) is 36.8 Å². The number of benzene rings is 2. The highest BCUT2D eigenvalue weighted by Crippen LogP contribution is 2.18. The molecule has 0 radical (unpaired) electrons. The van der Waals surface area contributed by atoms with Crippen LogP contribution in [0.5, 0.6) is 0 Å². The Kier molecular flexibility index (Phi) is 5.44. The number of tetrazole rings is 1. The van der Waals surface area contributed by atoms with Crippen LogP contribution in [0.1, 0.15) is 21.8 Å². The van der Waals surface area contributed by atoms with Crippen molar-refractivity contribution in [2.75, 3.05) is 5.32 Å². The zero-order valence-electron chi connectivity index (χ0n) is 16.2. The Bertz CT molecular complexity index is 1130. The van der Waals surface area contributed by atoms with Gasteiger partial charge < -0.3 is 5.32 Å². The average Bonchev–Trinajstić information content (AvgIpc) is 3.34. The first kappa shape index (κ1) is 18.9. The normalized spacial score (nSPS) is 10.8. The third-order valence-electron chi connectivity index (χ3n) is 4.39. The second-order valence-electron chi connectivity index (χ2n) is 6.78. The van der Waals surface area contributed by atoms with E-state index < -0.39 is 0 Å². The number of thiazole rings is 1. The average molecular weight is 404 g/mol. The number of carbonyl (C=O) groups excluding carboxylic acids is 1. The molecule has 146 valence electrons. The molecule has 29 heavy (non-hydrogen) atoms. The molecule has 0 aliphatic rings. The van der Waals surface area contributed by atoms with Crippen molar-refractivity contribution in [1.82, 2.24) is 25.2 Å². The van der Waals surface area contributed by atoms with E-state index in [0.717, 1.165) is 33.1 Å². The molecule has 1 amide bonds. The number of nitrogens with one attached hydrogen (secondary N) is 1. The number of hydrogen-bond acceptors (Lipinski definition) is 6. The minimum Gasteiger partial charge on any atom is -0.326 e. The summed E-state index contributed by atoms with van der Waals surface area (Å²) in [7, 11) is 0. The molecule has 2 heterocycles. The lowest BCUT2D eigenvalue weighted by molar-refractivity contribution is -0.115. The molecule has 1 N–H and O–H groups in total. The molecule has 0 saturated heterocycles. The molecule has 0 atom stereocenters. The first-order valence-corrected chi connectivity index (χ1v) is 10.1. The summed E-state index contributed by atoms with van der Waals surface area (Å²) in [6, 6.07) is 15.6. The van der Waals surface area contributed by atoms with Crippen LogP contribution in [0, 0.1) is 13.8 Å². The van der Waals surface area contributed by atoms with E-state index in [2.05, 4.69) is 25.7 Å². The Morgan fingerprint density at radius 3 is 2.69 bits per heavy atom. The molecule has 0 aliphatic carbocycles. The maximum Gasteiger partial charge on any atom is 0.231 e. The van der Waals surface area contributed by atoms with E-state index in [4.69, 9.17) is 0 Å². The Balaban J connectivity index is 1.38. The number of rotatable bonds is 6. The smallest absolute Gasteiger partial charge is 0.231 e. The summed E-state index contributed by atoms with van der Waals surface area (Å²) in [6.07, 6.45) is 0.234. The van der Waals surface area contributed by atoms with Crippen molar-refractivity contribution in [3.8, 4) is 11.4 Å². The van der Waals surface area contributed by atoms with Crippen molar-refractivity contribution >= 4 is 22.9 Å². The van der Waals surface area contributed by atoms with Gasteiger partial charge >= 0.3 is 0 Å². The van der Waals surface area contributed by atoms with Gasteiger partial charge in [-0.2, -0.15) is 4.80 Å². The van der Waals surface area contributed by atoms with Gasteiger partial charge in [0.15, 0.2) is 0 Å². The van der Waals surface area contributed by atoms with Crippen molar-refractivity contribution in [1.29, 1.82) is 0 Å². The summed E-state index contributed by atoms with van der Waals surface area (Å²) in [4.78, 5) is 18.3. The van der Waals surface area contributed by atoms with E-state index in [1.807, 2.05) is 67.8 Å². The summed E-state index contributed by atoms with van der Waals surface area (Å²) in [6.45, 7) is 4.44. The zero-order chi connectivity index (χ0) is 20.2. The van der Waals surface area contributed by atoms with Gasteiger partial charge in [0.05, 0.1) is 12.1 Å². The number of carbonyl (C=O) groups is 1. The van der Waals surface area contributed by atoms with Gasteiger partial charge in [-0.15, -0.1) is 21.5 Å². The van der Waals surface area contributed by atoms with Crippen LogP contribution in [0.4, 0.5) is 5.69 Å². The SMILES string of the molecule is Cc1ccc(NC(=O)Cc2nc(Cn3nnc(-c4ccccc4C)n3)cs2)cc1. The molecular formula is C21H20N6OS. The molecule has 4 rings (SSSR count). The lowest BCUT2D eigenvalue weighted by atomic mass is 10.1. The fourth-order valence-electron chi connectivity index (χ4n) is 2.87. The van der Waals surface area contributed by atoms with Gasteiger partial charge in [0, 0.05) is 16.6 Å². The van der Waals surface area contributed by atoms with E-state index in [0.29, 0.717) is 12.4 Å². The second-order valence-corrected chi connectivity index (χ2v) is 7.72. The van der Waals surface area contributed by atoms with Crippen LogP contribution in [-0.2, 0) is 17.8 Å².